The smallest absolute Gasteiger partial charge is 0.223 e. The summed E-state index contributed by atoms with van der Waals surface area (Å²) in [6, 6.07) is 0. The van der Waals surface area contributed by atoms with E-state index < -0.39 is 0 Å². The third-order valence-electron chi connectivity index (χ3n) is 4.14. The highest BCUT2D eigenvalue weighted by Gasteiger charge is 2.35. The summed E-state index contributed by atoms with van der Waals surface area (Å²) in [7, 11) is 0. The molecule has 0 radical (unpaired) electrons. The van der Waals surface area contributed by atoms with Crippen LogP contribution in [0.2, 0.25) is 0 Å². The third kappa shape index (κ3) is 2.99. The summed E-state index contributed by atoms with van der Waals surface area (Å²) in [5.41, 5.74) is 5.91. The fourth-order valence-electron chi connectivity index (χ4n) is 2.82. The Morgan fingerprint density at radius 1 is 1.41 bits per heavy atom. The van der Waals surface area contributed by atoms with Gasteiger partial charge in [-0.05, 0) is 25.3 Å². The maximum atomic E-state index is 12.1. The second-order valence-electron chi connectivity index (χ2n) is 5.91. The number of rotatable bonds is 4. The molecule has 1 saturated carbocycles. The summed E-state index contributed by atoms with van der Waals surface area (Å²) in [6.45, 7) is 5.05. The minimum atomic E-state index is 0.137. The predicted molar refractivity (Wildman–Crippen MR) is 66.4 cm³/mol. The lowest BCUT2D eigenvalue weighted by Crippen LogP contribution is -2.50. The molecule has 3 N–H and O–H groups in total. The van der Waals surface area contributed by atoms with Crippen molar-refractivity contribution in [1.29, 1.82) is 0 Å². The van der Waals surface area contributed by atoms with E-state index in [1.54, 1.807) is 0 Å². The molecule has 1 aliphatic carbocycles. The maximum Gasteiger partial charge on any atom is 0.223 e. The molecule has 0 aromatic carbocycles. The maximum absolute atomic E-state index is 12.1. The first-order valence-corrected chi connectivity index (χ1v) is 6.70. The molecule has 2 fully saturated rings. The number of hydrogen-bond acceptors (Lipinski definition) is 3. The van der Waals surface area contributed by atoms with Gasteiger partial charge in [-0.3, -0.25) is 4.79 Å². The molecule has 0 bridgehead atoms. The van der Waals surface area contributed by atoms with Crippen LogP contribution in [-0.4, -0.2) is 32.2 Å². The van der Waals surface area contributed by atoms with Crippen molar-refractivity contribution in [2.75, 3.05) is 26.3 Å². The van der Waals surface area contributed by atoms with Crippen LogP contribution in [0.1, 0.15) is 32.6 Å². The number of nitrogens with two attached hydrogens (primary N) is 1. The highest BCUT2D eigenvalue weighted by atomic mass is 16.5. The molecule has 1 heterocycles. The van der Waals surface area contributed by atoms with E-state index in [-0.39, 0.29) is 17.2 Å². The Hall–Kier alpha value is -0.610. The Morgan fingerprint density at radius 2 is 2.12 bits per heavy atom. The molecule has 1 amide bonds. The second-order valence-corrected chi connectivity index (χ2v) is 5.91. The number of nitrogens with one attached hydrogen (secondary N) is 1. The summed E-state index contributed by atoms with van der Waals surface area (Å²) in [4.78, 5) is 12.1. The molecular weight excluding hydrogens is 216 g/mol. The van der Waals surface area contributed by atoms with Crippen LogP contribution in [0.5, 0.6) is 0 Å². The van der Waals surface area contributed by atoms with Crippen LogP contribution in [0.15, 0.2) is 0 Å². The lowest BCUT2D eigenvalue weighted by Gasteiger charge is -2.39. The lowest BCUT2D eigenvalue weighted by atomic mass is 9.78. The first-order valence-electron chi connectivity index (χ1n) is 6.70. The van der Waals surface area contributed by atoms with Gasteiger partial charge in [-0.15, -0.1) is 0 Å². The molecule has 0 aromatic heterocycles. The number of amides is 1. The van der Waals surface area contributed by atoms with E-state index in [0.717, 1.165) is 39.0 Å². The van der Waals surface area contributed by atoms with Gasteiger partial charge in [-0.2, -0.15) is 0 Å². The minimum absolute atomic E-state index is 0.137. The minimum Gasteiger partial charge on any atom is -0.380 e. The molecule has 98 valence electrons. The predicted octanol–water partition coefficient (Wildman–Crippen LogP) is 0.904. The van der Waals surface area contributed by atoms with Gasteiger partial charge in [0.05, 0.1) is 13.2 Å². The number of carbonyl (C=O) groups is 1. The van der Waals surface area contributed by atoms with Crippen molar-refractivity contribution < 1.29 is 9.53 Å². The average Bonchev–Trinajstić information content (AvgIpc) is 2.33. The van der Waals surface area contributed by atoms with E-state index >= 15 is 0 Å². The van der Waals surface area contributed by atoms with Crippen LogP contribution in [0, 0.1) is 17.3 Å². The van der Waals surface area contributed by atoms with Crippen LogP contribution in [-0.2, 0) is 9.53 Å². The summed E-state index contributed by atoms with van der Waals surface area (Å²) in [6.07, 6.45) is 4.49. The Kier molecular flexibility index (Phi) is 4.05. The van der Waals surface area contributed by atoms with E-state index in [0.29, 0.717) is 12.5 Å². The molecule has 1 saturated heterocycles. The van der Waals surface area contributed by atoms with Crippen molar-refractivity contribution >= 4 is 5.91 Å². The number of ether oxygens (including phenoxy) is 1. The van der Waals surface area contributed by atoms with E-state index in [9.17, 15) is 4.79 Å². The zero-order valence-corrected chi connectivity index (χ0v) is 10.7. The van der Waals surface area contributed by atoms with Gasteiger partial charge in [-0.1, -0.05) is 19.8 Å². The molecule has 4 nitrogen and oxygen atoms in total. The van der Waals surface area contributed by atoms with E-state index in [1.165, 1.54) is 6.42 Å². The average molecular weight is 240 g/mol. The first-order chi connectivity index (χ1) is 8.14. The van der Waals surface area contributed by atoms with Gasteiger partial charge in [0, 0.05) is 17.9 Å². The van der Waals surface area contributed by atoms with Crippen LogP contribution < -0.4 is 11.1 Å². The molecule has 4 heteroatoms. The Balaban J connectivity index is 1.81. The Bertz CT molecular complexity index is 277. The molecule has 0 aromatic rings. The molecule has 0 spiro atoms. The van der Waals surface area contributed by atoms with Crippen LogP contribution in [0.25, 0.3) is 0 Å². The van der Waals surface area contributed by atoms with Crippen LogP contribution in [0.4, 0.5) is 0 Å². The fraction of sp³-hybridized carbons (Fsp3) is 0.923. The molecular formula is C13H24N2O2. The number of carbonyl (C=O) groups excluding carboxylic acids is 1. The van der Waals surface area contributed by atoms with Crippen molar-refractivity contribution in [3.8, 4) is 0 Å². The Labute approximate surface area is 103 Å². The summed E-state index contributed by atoms with van der Waals surface area (Å²) in [5.74, 6) is 0.723. The van der Waals surface area contributed by atoms with Crippen molar-refractivity contribution in [2.24, 2.45) is 23.0 Å². The highest BCUT2D eigenvalue weighted by molar-refractivity contribution is 5.79. The monoisotopic (exact) mass is 240 g/mol. The van der Waals surface area contributed by atoms with Gasteiger partial charge in [0.1, 0.15) is 0 Å². The molecule has 2 unspecified atom stereocenters. The summed E-state index contributed by atoms with van der Waals surface area (Å²) in [5, 5.41) is 3.08. The van der Waals surface area contributed by atoms with Gasteiger partial charge in [0.2, 0.25) is 5.91 Å². The largest absolute Gasteiger partial charge is 0.380 e. The molecule has 17 heavy (non-hydrogen) atoms. The molecule has 2 rings (SSSR count). The zero-order chi connectivity index (χ0) is 12.3. The number of hydrogen-bond donors (Lipinski definition) is 2. The van der Waals surface area contributed by atoms with Crippen LogP contribution in [0.3, 0.4) is 0 Å². The highest BCUT2D eigenvalue weighted by Crippen LogP contribution is 2.30. The molecule has 2 aliphatic rings. The standard InChI is InChI=1S/C13H24N2O2/c1-13(8-17-9-13)7-15-12(16)11-5-3-2-4-10(11)6-14/h10-11H,2-9,14H2,1H3,(H,15,16). The van der Waals surface area contributed by atoms with E-state index in [2.05, 4.69) is 12.2 Å². The summed E-state index contributed by atoms with van der Waals surface area (Å²) < 4.78 is 5.19. The van der Waals surface area contributed by atoms with Gasteiger partial charge in [-0.25, -0.2) is 0 Å². The van der Waals surface area contributed by atoms with Crippen molar-refractivity contribution in [1.82, 2.24) is 5.32 Å². The first kappa shape index (κ1) is 12.8. The zero-order valence-electron chi connectivity index (χ0n) is 10.7. The van der Waals surface area contributed by atoms with Crippen LogP contribution >= 0.6 is 0 Å². The Morgan fingerprint density at radius 3 is 2.71 bits per heavy atom. The quantitative estimate of drug-likeness (QED) is 0.767. The molecule has 2 atom stereocenters. The van der Waals surface area contributed by atoms with Gasteiger partial charge < -0.3 is 15.8 Å². The van der Waals surface area contributed by atoms with Gasteiger partial charge >= 0.3 is 0 Å². The topological polar surface area (TPSA) is 64.4 Å². The fourth-order valence-corrected chi connectivity index (χ4v) is 2.82. The van der Waals surface area contributed by atoms with E-state index in [1.807, 2.05) is 0 Å². The second kappa shape index (κ2) is 5.36. The van der Waals surface area contributed by atoms with Crippen molar-refractivity contribution in [3.63, 3.8) is 0 Å². The lowest BCUT2D eigenvalue weighted by molar-refractivity contribution is -0.132. The normalized spacial score (nSPS) is 31.6. The van der Waals surface area contributed by atoms with Gasteiger partial charge in [0.25, 0.3) is 0 Å². The van der Waals surface area contributed by atoms with Crippen molar-refractivity contribution in [2.45, 2.75) is 32.6 Å². The van der Waals surface area contributed by atoms with E-state index in [4.69, 9.17) is 10.5 Å². The molecule has 1 aliphatic heterocycles. The van der Waals surface area contributed by atoms with Crippen molar-refractivity contribution in [3.05, 3.63) is 0 Å². The SMILES string of the molecule is CC1(CNC(=O)C2CCCCC2CN)COC1. The summed E-state index contributed by atoms with van der Waals surface area (Å²) >= 11 is 0. The van der Waals surface area contributed by atoms with Gasteiger partial charge in [0.15, 0.2) is 0 Å². The third-order valence-corrected chi connectivity index (χ3v) is 4.14.